The van der Waals surface area contributed by atoms with Gasteiger partial charge in [-0.3, -0.25) is 4.99 Å². The van der Waals surface area contributed by atoms with Crippen LogP contribution in [0.3, 0.4) is 0 Å². The Hall–Kier alpha value is -0.370. The summed E-state index contributed by atoms with van der Waals surface area (Å²) in [6.45, 7) is 14.4. The quantitative estimate of drug-likeness (QED) is 0.503. The van der Waals surface area contributed by atoms with Gasteiger partial charge in [0.15, 0.2) is 0 Å². The third kappa shape index (κ3) is 11.6. The summed E-state index contributed by atoms with van der Waals surface area (Å²) in [5, 5.41) is 0. The first-order valence-electron chi connectivity index (χ1n) is 5.32. The lowest BCUT2D eigenvalue weighted by Gasteiger charge is -2.17. The summed E-state index contributed by atoms with van der Waals surface area (Å²) >= 11 is 0. The molecule has 0 aromatic heterocycles. The summed E-state index contributed by atoms with van der Waals surface area (Å²) in [6, 6.07) is 0. The van der Waals surface area contributed by atoms with Gasteiger partial charge in [0.05, 0.1) is 12.1 Å². The van der Waals surface area contributed by atoms with Gasteiger partial charge in [0.1, 0.15) is 0 Å². The van der Waals surface area contributed by atoms with E-state index in [9.17, 15) is 0 Å². The van der Waals surface area contributed by atoms with Crippen LogP contribution in [0.4, 0.5) is 0 Å². The molecule has 0 aliphatic rings. The van der Waals surface area contributed by atoms with Crippen molar-refractivity contribution in [2.24, 2.45) is 10.4 Å². The molecule has 0 saturated carbocycles. The molecule has 2 nitrogen and oxygen atoms in total. The van der Waals surface area contributed by atoms with Crippen LogP contribution in [0.5, 0.6) is 0 Å². The van der Waals surface area contributed by atoms with Gasteiger partial charge in [-0.2, -0.15) is 0 Å². The Morgan fingerprint density at radius 1 is 1.07 bits per heavy atom. The Balaban J connectivity index is 3.44. The van der Waals surface area contributed by atoms with Crippen molar-refractivity contribution in [2.45, 2.75) is 53.5 Å². The SMILES string of the molecule is CC(C)(C)CCOC/C=N/C(C)(C)C. The molecule has 84 valence electrons. The van der Waals surface area contributed by atoms with E-state index in [1.54, 1.807) is 0 Å². The maximum absolute atomic E-state index is 5.46. The number of hydrogen-bond acceptors (Lipinski definition) is 2. The summed E-state index contributed by atoms with van der Waals surface area (Å²) in [5.74, 6) is 0. The third-order valence-corrected chi connectivity index (χ3v) is 1.67. The van der Waals surface area contributed by atoms with Gasteiger partial charge in [-0.25, -0.2) is 0 Å². The van der Waals surface area contributed by atoms with E-state index in [2.05, 4.69) is 46.5 Å². The molecule has 0 N–H and O–H groups in total. The molecule has 0 fully saturated rings. The van der Waals surface area contributed by atoms with Crippen molar-refractivity contribution in [1.29, 1.82) is 0 Å². The fourth-order valence-corrected chi connectivity index (χ4v) is 0.826. The first-order valence-corrected chi connectivity index (χ1v) is 5.32. The van der Waals surface area contributed by atoms with E-state index in [0.29, 0.717) is 12.0 Å². The van der Waals surface area contributed by atoms with E-state index in [4.69, 9.17) is 4.74 Å². The highest BCUT2D eigenvalue weighted by atomic mass is 16.5. The molecule has 0 aromatic rings. The minimum atomic E-state index is 0.0212. The Bertz CT molecular complexity index is 172. The molecule has 0 unspecified atom stereocenters. The molecule has 0 aliphatic heterocycles. The highest BCUT2D eigenvalue weighted by Crippen LogP contribution is 2.17. The largest absolute Gasteiger partial charge is 0.376 e. The molecule has 0 spiro atoms. The molecule has 0 radical (unpaired) electrons. The number of ether oxygens (including phenoxy) is 1. The zero-order chi connectivity index (χ0) is 11.2. The monoisotopic (exact) mass is 199 g/mol. The molecular formula is C12H25NO. The van der Waals surface area contributed by atoms with Crippen molar-refractivity contribution >= 4 is 6.21 Å². The van der Waals surface area contributed by atoms with Crippen LogP contribution < -0.4 is 0 Å². The predicted molar refractivity (Wildman–Crippen MR) is 63.1 cm³/mol. The average Bonchev–Trinajstić information content (AvgIpc) is 1.92. The van der Waals surface area contributed by atoms with E-state index in [0.717, 1.165) is 13.0 Å². The van der Waals surface area contributed by atoms with Gasteiger partial charge in [0.2, 0.25) is 0 Å². The number of aliphatic imine (C=N–C) groups is 1. The van der Waals surface area contributed by atoms with Crippen LogP contribution >= 0.6 is 0 Å². The van der Waals surface area contributed by atoms with E-state index < -0.39 is 0 Å². The fraction of sp³-hybridized carbons (Fsp3) is 0.917. The molecule has 2 heteroatoms. The summed E-state index contributed by atoms with van der Waals surface area (Å²) in [7, 11) is 0. The topological polar surface area (TPSA) is 21.6 Å². The second-order valence-corrected chi connectivity index (χ2v) is 5.87. The molecule has 0 bridgehead atoms. The minimum Gasteiger partial charge on any atom is -0.376 e. The van der Waals surface area contributed by atoms with Crippen molar-refractivity contribution in [2.75, 3.05) is 13.2 Å². The molecule has 0 heterocycles. The van der Waals surface area contributed by atoms with Gasteiger partial charge in [-0.15, -0.1) is 0 Å². The lowest BCUT2D eigenvalue weighted by atomic mass is 9.93. The Morgan fingerprint density at radius 3 is 2.07 bits per heavy atom. The number of nitrogens with zero attached hydrogens (tertiary/aromatic N) is 1. The highest BCUT2D eigenvalue weighted by molar-refractivity contribution is 5.59. The number of hydrogen-bond donors (Lipinski definition) is 0. The van der Waals surface area contributed by atoms with Gasteiger partial charge in [-0.1, -0.05) is 20.8 Å². The lowest BCUT2D eigenvalue weighted by Crippen LogP contribution is -2.13. The van der Waals surface area contributed by atoms with Crippen molar-refractivity contribution < 1.29 is 4.74 Å². The van der Waals surface area contributed by atoms with E-state index in [1.165, 1.54) is 0 Å². The van der Waals surface area contributed by atoms with E-state index in [-0.39, 0.29) is 5.54 Å². The fourth-order valence-electron chi connectivity index (χ4n) is 0.826. The normalized spacial score (nSPS) is 13.9. The van der Waals surface area contributed by atoms with Crippen molar-refractivity contribution in [3.05, 3.63) is 0 Å². The average molecular weight is 199 g/mol. The van der Waals surface area contributed by atoms with Crippen molar-refractivity contribution in [1.82, 2.24) is 0 Å². The summed E-state index contributed by atoms with van der Waals surface area (Å²) in [4.78, 5) is 4.34. The third-order valence-electron chi connectivity index (χ3n) is 1.67. The standard InChI is InChI=1S/C12H25NO/c1-11(2,3)7-9-14-10-8-13-12(4,5)6/h8H,7,9-10H2,1-6H3/b13-8+. The Kier molecular flexibility index (Phi) is 5.35. The summed E-state index contributed by atoms with van der Waals surface area (Å²) in [5.41, 5.74) is 0.383. The highest BCUT2D eigenvalue weighted by Gasteiger charge is 2.09. The van der Waals surface area contributed by atoms with E-state index >= 15 is 0 Å². The molecule has 0 aliphatic carbocycles. The molecule has 0 atom stereocenters. The summed E-state index contributed by atoms with van der Waals surface area (Å²) in [6.07, 6.45) is 2.96. The van der Waals surface area contributed by atoms with Gasteiger partial charge < -0.3 is 4.74 Å². The molecule has 0 amide bonds. The smallest absolute Gasteiger partial charge is 0.0814 e. The van der Waals surface area contributed by atoms with Crippen LogP contribution in [-0.2, 0) is 4.74 Å². The second kappa shape index (κ2) is 5.50. The van der Waals surface area contributed by atoms with Crippen LogP contribution in [0, 0.1) is 5.41 Å². The molecule has 0 rings (SSSR count). The second-order valence-electron chi connectivity index (χ2n) is 5.87. The first-order chi connectivity index (χ1) is 6.21. The van der Waals surface area contributed by atoms with E-state index in [1.807, 2.05) is 6.21 Å². The Morgan fingerprint density at radius 2 is 1.64 bits per heavy atom. The van der Waals surface area contributed by atoms with Crippen LogP contribution in [-0.4, -0.2) is 25.0 Å². The maximum atomic E-state index is 5.46. The van der Waals surface area contributed by atoms with Crippen LogP contribution in [0.2, 0.25) is 0 Å². The van der Waals surface area contributed by atoms with Gasteiger partial charge in [0, 0.05) is 12.8 Å². The number of rotatable bonds is 4. The maximum Gasteiger partial charge on any atom is 0.0814 e. The Labute approximate surface area is 88.8 Å². The molecule has 0 aromatic carbocycles. The minimum absolute atomic E-state index is 0.0212. The predicted octanol–water partition coefficient (Wildman–Crippen LogP) is 3.31. The molecule has 14 heavy (non-hydrogen) atoms. The summed E-state index contributed by atoms with van der Waals surface area (Å²) < 4.78 is 5.46. The van der Waals surface area contributed by atoms with Crippen molar-refractivity contribution in [3.8, 4) is 0 Å². The van der Waals surface area contributed by atoms with Crippen LogP contribution in [0.25, 0.3) is 0 Å². The molecule has 0 saturated heterocycles. The van der Waals surface area contributed by atoms with Crippen molar-refractivity contribution in [3.63, 3.8) is 0 Å². The first kappa shape index (κ1) is 13.6. The molecular weight excluding hydrogens is 174 g/mol. The zero-order valence-electron chi connectivity index (χ0n) is 10.6. The van der Waals surface area contributed by atoms with Crippen LogP contribution in [0.1, 0.15) is 48.0 Å². The van der Waals surface area contributed by atoms with Gasteiger partial charge in [-0.05, 0) is 32.6 Å². The lowest BCUT2D eigenvalue weighted by molar-refractivity contribution is 0.140. The zero-order valence-corrected chi connectivity index (χ0v) is 10.6. The van der Waals surface area contributed by atoms with Gasteiger partial charge >= 0.3 is 0 Å². The van der Waals surface area contributed by atoms with Crippen LogP contribution in [0.15, 0.2) is 4.99 Å². The van der Waals surface area contributed by atoms with Gasteiger partial charge in [0.25, 0.3) is 0 Å².